The molecule has 0 radical (unpaired) electrons. The number of benzene rings is 2. The second-order valence-corrected chi connectivity index (χ2v) is 10.3. The summed E-state index contributed by atoms with van der Waals surface area (Å²) < 4.78 is 14.7. The van der Waals surface area contributed by atoms with Crippen molar-refractivity contribution in [2.45, 2.75) is 45.1 Å². The fraction of sp³-hybridized carbons (Fsp3) is 0.320. The number of urea groups is 1. The Morgan fingerprint density at radius 1 is 1.10 bits per heavy atom. The SMILES string of the molecule is Cc1cc(NC(=O)N2CCc3c(sc4c3CCCC4)[C@H]2c2ccc(F)cc2)ccc1Br. The highest BCUT2D eigenvalue weighted by atomic mass is 79.9. The van der Waals surface area contributed by atoms with Gasteiger partial charge >= 0.3 is 6.03 Å². The first-order valence-electron chi connectivity index (χ1n) is 10.7. The predicted octanol–water partition coefficient (Wildman–Crippen LogP) is 7.02. The maximum atomic E-state index is 13.7. The van der Waals surface area contributed by atoms with Crippen LogP contribution in [0.5, 0.6) is 0 Å². The Labute approximate surface area is 194 Å². The van der Waals surface area contributed by atoms with Crippen molar-refractivity contribution in [3.05, 3.63) is 84.8 Å². The molecule has 1 aliphatic heterocycles. The molecule has 1 aromatic heterocycles. The quantitative estimate of drug-likeness (QED) is 0.404. The lowest BCUT2D eigenvalue weighted by Gasteiger charge is -2.36. The van der Waals surface area contributed by atoms with Crippen LogP contribution < -0.4 is 5.32 Å². The van der Waals surface area contributed by atoms with E-state index >= 15 is 0 Å². The fourth-order valence-electron chi connectivity index (χ4n) is 4.76. The molecular formula is C25H24BrFN2OS. The molecule has 3 nitrogen and oxygen atoms in total. The van der Waals surface area contributed by atoms with Gasteiger partial charge in [-0.2, -0.15) is 0 Å². The number of halogens is 2. The van der Waals surface area contributed by atoms with E-state index in [9.17, 15) is 9.18 Å². The van der Waals surface area contributed by atoms with Crippen molar-refractivity contribution < 1.29 is 9.18 Å². The lowest BCUT2D eigenvalue weighted by atomic mass is 9.88. The van der Waals surface area contributed by atoms with E-state index in [2.05, 4.69) is 21.2 Å². The molecule has 160 valence electrons. The molecule has 0 unspecified atom stereocenters. The highest BCUT2D eigenvalue weighted by molar-refractivity contribution is 9.10. The first kappa shape index (κ1) is 20.7. The fourth-order valence-corrected chi connectivity index (χ4v) is 6.59. The second-order valence-electron chi connectivity index (χ2n) is 8.35. The summed E-state index contributed by atoms with van der Waals surface area (Å²) in [6.07, 6.45) is 5.63. The summed E-state index contributed by atoms with van der Waals surface area (Å²) in [7, 11) is 0. The molecule has 6 heteroatoms. The lowest BCUT2D eigenvalue weighted by Crippen LogP contribution is -2.42. The molecule has 31 heavy (non-hydrogen) atoms. The zero-order valence-corrected chi connectivity index (χ0v) is 19.8. The van der Waals surface area contributed by atoms with Gasteiger partial charge < -0.3 is 10.2 Å². The zero-order valence-electron chi connectivity index (χ0n) is 17.4. The van der Waals surface area contributed by atoms with Gasteiger partial charge in [-0.15, -0.1) is 11.3 Å². The third kappa shape index (κ3) is 3.92. The Hall–Kier alpha value is -2.18. The maximum Gasteiger partial charge on any atom is 0.322 e. The van der Waals surface area contributed by atoms with Crippen LogP contribution in [-0.4, -0.2) is 17.5 Å². The van der Waals surface area contributed by atoms with Gasteiger partial charge in [0.2, 0.25) is 0 Å². The summed E-state index contributed by atoms with van der Waals surface area (Å²) in [5.74, 6) is -0.258. The standard InChI is InChI=1S/C25H24BrFN2OS/c1-15-14-18(10-11-21(15)26)28-25(30)29-13-12-20-19-4-2-3-5-22(19)31-24(20)23(29)16-6-8-17(27)9-7-16/h6-11,14,23H,2-5,12-13H2,1H3,(H,28,30)/t23-/m1/s1. The molecule has 3 aromatic rings. The van der Waals surface area contributed by atoms with Crippen LogP contribution in [0.3, 0.4) is 0 Å². The highest BCUT2D eigenvalue weighted by Crippen LogP contribution is 2.45. The van der Waals surface area contributed by atoms with Gasteiger partial charge in [-0.3, -0.25) is 0 Å². The van der Waals surface area contributed by atoms with Crippen LogP contribution in [0.25, 0.3) is 0 Å². The van der Waals surface area contributed by atoms with Gasteiger partial charge in [0, 0.05) is 26.5 Å². The number of rotatable bonds is 2. The van der Waals surface area contributed by atoms with Gasteiger partial charge in [-0.25, -0.2) is 9.18 Å². The van der Waals surface area contributed by atoms with Crippen LogP contribution >= 0.6 is 27.3 Å². The van der Waals surface area contributed by atoms with Gasteiger partial charge in [-0.05, 0) is 91.6 Å². The number of nitrogens with one attached hydrogen (secondary N) is 1. The lowest BCUT2D eigenvalue weighted by molar-refractivity contribution is 0.195. The van der Waals surface area contributed by atoms with Gasteiger partial charge in [0.15, 0.2) is 0 Å². The molecule has 0 fully saturated rings. The van der Waals surface area contributed by atoms with Crippen LogP contribution in [0.4, 0.5) is 14.9 Å². The van der Waals surface area contributed by atoms with E-state index in [0.717, 1.165) is 40.5 Å². The minimum atomic E-state index is -0.258. The number of carbonyl (C=O) groups is 1. The average Bonchev–Trinajstić information content (AvgIpc) is 3.15. The number of aryl methyl sites for hydroxylation is 2. The average molecular weight is 499 g/mol. The smallest absolute Gasteiger partial charge is 0.312 e. The summed E-state index contributed by atoms with van der Waals surface area (Å²) in [6, 6.07) is 12.1. The van der Waals surface area contributed by atoms with Crippen molar-refractivity contribution in [3.63, 3.8) is 0 Å². The topological polar surface area (TPSA) is 32.3 Å². The summed E-state index contributed by atoms with van der Waals surface area (Å²) in [4.78, 5) is 18.0. The van der Waals surface area contributed by atoms with Gasteiger partial charge in [0.1, 0.15) is 5.82 Å². The molecule has 0 spiro atoms. The van der Waals surface area contributed by atoms with E-state index in [1.54, 1.807) is 0 Å². The largest absolute Gasteiger partial charge is 0.322 e. The van der Waals surface area contributed by atoms with Crippen molar-refractivity contribution in [3.8, 4) is 0 Å². The van der Waals surface area contributed by atoms with Gasteiger partial charge in [-0.1, -0.05) is 28.1 Å². The zero-order chi connectivity index (χ0) is 21.5. The van der Waals surface area contributed by atoms with Crippen LogP contribution in [0, 0.1) is 12.7 Å². The number of hydrogen-bond donors (Lipinski definition) is 1. The molecule has 1 N–H and O–H groups in total. The Balaban J connectivity index is 1.52. The molecule has 5 rings (SSSR count). The highest BCUT2D eigenvalue weighted by Gasteiger charge is 2.36. The Bertz CT molecular complexity index is 1140. The molecule has 2 amide bonds. The number of fused-ring (bicyclic) bond motifs is 3. The Morgan fingerprint density at radius 2 is 1.87 bits per heavy atom. The number of thiophene rings is 1. The molecule has 2 heterocycles. The predicted molar refractivity (Wildman–Crippen MR) is 128 cm³/mol. The third-order valence-corrected chi connectivity index (χ3v) is 8.61. The van der Waals surface area contributed by atoms with Crippen molar-refractivity contribution in [2.75, 3.05) is 11.9 Å². The van der Waals surface area contributed by atoms with Crippen LogP contribution in [0.15, 0.2) is 46.9 Å². The van der Waals surface area contributed by atoms with Crippen LogP contribution in [0.2, 0.25) is 0 Å². The molecular weight excluding hydrogens is 475 g/mol. The first-order valence-corrected chi connectivity index (χ1v) is 12.3. The van der Waals surface area contributed by atoms with E-state index in [4.69, 9.17) is 0 Å². The van der Waals surface area contributed by atoms with E-state index < -0.39 is 0 Å². The van der Waals surface area contributed by atoms with E-state index in [1.807, 2.05) is 53.5 Å². The van der Waals surface area contributed by atoms with Crippen LogP contribution in [0.1, 0.15) is 50.9 Å². The second kappa shape index (κ2) is 8.40. The molecule has 0 saturated carbocycles. The number of carbonyl (C=O) groups excluding carboxylic acids is 1. The molecule has 2 aromatic carbocycles. The molecule has 0 bridgehead atoms. The monoisotopic (exact) mass is 498 g/mol. The summed E-state index contributed by atoms with van der Waals surface area (Å²) in [5.41, 5.74) is 5.75. The minimum Gasteiger partial charge on any atom is -0.312 e. The molecule has 2 aliphatic rings. The van der Waals surface area contributed by atoms with E-state index in [1.165, 1.54) is 45.9 Å². The van der Waals surface area contributed by atoms with Crippen molar-refractivity contribution in [1.82, 2.24) is 4.90 Å². The summed E-state index contributed by atoms with van der Waals surface area (Å²) in [6.45, 7) is 2.66. The van der Waals surface area contributed by atoms with Gasteiger partial charge in [0.05, 0.1) is 6.04 Å². The Kier molecular flexibility index (Phi) is 5.61. The number of amides is 2. The van der Waals surface area contributed by atoms with Crippen molar-refractivity contribution >= 4 is 39.0 Å². The number of hydrogen-bond acceptors (Lipinski definition) is 2. The normalized spacial score (nSPS) is 17.8. The maximum absolute atomic E-state index is 13.7. The summed E-state index contributed by atoms with van der Waals surface area (Å²) >= 11 is 5.37. The first-order chi connectivity index (χ1) is 15.0. The van der Waals surface area contributed by atoms with Crippen LogP contribution in [-0.2, 0) is 19.3 Å². The van der Waals surface area contributed by atoms with Crippen molar-refractivity contribution in [2.24, 2.45) is 0 Å². The van der Waals surface area contributed by atoms with Crippen molar-refractivity contribution in [1.29, 1.82) is 0 Å². The van der Waals surface area contributed by atoms with E-state index in [0.29, 0.717) is 6.54 Å². The minimum absolute atomic E-state index is 0.118. The number of anilines is 1. The van der Waals surface area contributed by atoms with E-state index in [-0.39, 0.29) is 17.9 Å². The molecule has 1 aliphatic carbocycles. The molecule has 1 atom stereocenters. The Morgan fingerprint density at radius 3 is 2.65 bits per heavy atom. The molecule has 0 saturated heterocycles. The number of nitrogens with zero attached hydrogens (tertiary/aromatic N) is 1. The summed E-state index contributed by atoms with van der Waals surface area (Å²) in [5, 5.41) is 3.08. The third-order valence-electron chi connectivity index (χ3n) is 6.33. The van der Waals surface area contributed by atoms with Gasteiger partial charge in [0.25, 0.3) is 0 Å².